The Morgan fingerprint density at radius 3 is 2.72 bits per heavy atom. The van der Waals surface area contributed by atoms with Crippen LogP contribution in [0, 0.1) is 0 Å². The van der Waals surface area contributed by atoms with Crippen LogP contribution in [0.4, 0.5) is 0 Å². The van der Waals surface area contributed by atoms with E-state index in [9.17, 15) is 4.79 Å². The molecule has 1 amide bonds. The van der Waals surface area contributed by atoms with Crippen molar-refractivity contribution in [3.05, 3.63) is 52.8 Å². The molecule has 0 saturated carbocycles. The van der Waals surface area contributed by atoms with Gasteiger partial charge < -0.3 is 0 Å². The maximum absolute atomic E-state index is 11.3. The Bertz CT molecular complexity index is 553. The average Bonchev–Trinajstić information content (AvgIpc) is 2.77. The smallest absolute Gasteiger partial charge is 0.238 e. The Hall–Kier alpha value is -1.85. The highest BCUT2D eigenvalue weighted by atomic mass is 35.5. The zero-order valence-corrected chi connectivity index (χ0v) is 10.4. The van der Waals surface area contributed by atoms with Gasteiger partial charge in [-0.2, -0.15) is 5.10 Å². The standard InChI is InChI=1S/C12H13ClN4O/c13-11-6-15-17(8-11)7-10-4-2-1-3-9(10)5-12(18)16-14/h1-4,6,8H,5,7,14H2,(H,16,18). The van der Waals surface area contributed by atoms with E-state index >= 15 is 0 Å². The molecule has 1 aromatic carbocycles. The fourth-order valence-electron chi connectivity index (χ4n) is 1.71. The van der Waals surface area contributed by atoms with Crippen LogP contribution in [0.25, 0.3) is 0 Å². The Kier molecular flexibility index (Phi) is 3.96. The molecule has 2 rings (SSSR count). The minimum atomic E-state index is -0.221. The van der Waals surface area contributed by atoms with Crippen LogP contribution in [-0.2, 0) is 17.8 Å². The van der Waals surface area contributed by atoms with E-state index in [-0.39, 0.29) is 12.3 Å². The summed E-state index contributed by atoms with van der Waals surface area (Å²) in [4.78, 5) is 11.3. The van der Waals surface area contributed by atoms with Gasteiger partial charge in [0.05, 0.1) is 24.2 Å². The van der Waals surface area contributed by atoms with Crippen molar-refractivity contribution in [3.8, 4) is 0 Å². The first kappa shape index (κ1) is 12.6. The number of carbonyl (C=O) groups is 1. The molecule has 0 saturated heterocycles. The van der Waals surface area contributed by atoms with Gasteiger partial charge in [0, 0.05) is 6.20 Å². The van der Waals surface area contributed by atoms with E-state index in [4.69, 9.17) is 17.4 Å². The molecule has 2 aromatic rings. The maximum Gasteiger partial charge on any atom is 0.238 e. The van der Waals surface area contributed by atoms with Crippen molar-refractivity contribution in [1.82, 2.24) is 15.2 Å². The van der Waals surface area contributed by atoms with Crippen LogP contribution in [0.3, 0.4) is 0 Å². The lowest BCUT2D eigenvalue weighted by Crippen LogP contribution is -2.31. The molecule has 0 radical (unpaired) electrons. The number of nitrogens with zero attached hydrogens (tertiary/aromatic N) is 2. The summed E-state index contributed by atoms with van der Waals surface area (Å²) in [6.45, 7) is 0.570. The van der Waals surface area contributed by atoms with Crippen molar-refractivity contribution >= 4 is 17.5 Å². The number of hydrogen-bond donors (Lipinski definition) is 2. The third-order valence-corrected chi connectivity index (χ3v) is 2.76. The molecule has 0 spiro atoms. The average molecular weight is 265 g/mol. The lowest BCUT2D eigenvalue weighted by Gasteiger charge is -2.08. The summed E-state index contributed by atoms with van der Waals surface area (Å²) in [5, 5.41) is 4.70. The quantitative estimate of drug-likeness (QED) is 0.494. The highest BCUT2D eigenvalue weighted by Crippen LogP contribution is 2.13. The molecule has 0 aliphatic rings. The normalized spacial score (nSPS) is 10.3. The van der Waals surface area contributed by atoms with Gasteiger partial charge in [0.15, 0.2) is 0 Å². The number of carbonyl (C=O) groups excluding carboxylic acids is 1. The Morgan fingerprint density at radius 2 is 2.11 bits per heavy atom. The Morgan fingerprint density at radius 1 is 1.39 bits per heavy atom. The molecule has 0 atom stereocenters. The van der Waals surface area contributed by atoms with Crippen molar-refractivity contribution in [2.45, 2.75) is 13.0 Å². The van der Waals surface area contributed by atoms with Gasteiger partial charge in [-0.15, -0.1) is 0 Å². The fourth-order valence-corrected chi connectivity index (χ4v) is 1.86. The van der Waals surface area contributed by atoms with Crippen LogP contribution in [0.2, 0.25) is 5.02 Å². The van der Waals surface area contributed by atoms with Gasteiger partial charge in [-0.05, 0) is 11.1 Å². The number of amides is 1. The van der Waals surface area contributed by atoms with E-state index in [1.54, 1.807) is 17.1 Å². The van der Waals surface area contributed by atoms with Gasteiger partial charge in [0.25, 0.3) is 0 Å². The third kappa shape index (κ3) is 3.09. The van der Waals surface area contributed by atoms with Crippen molar-refractivity contribution in [3.63, 3.8) is 0 Å². The number of benzene rings is 1. The predicted molar refractivity (Wildman–Crippen MR) is 68.8 cm³/mol. The molecule has 0 fully saturated rings. The zero-order valence-electron chi connectivity index (χ0n) is 9.64. The molecule has 0 unspecified atom stereocenters. The van der Waals surface area contributed by atoms with E-state index in [1.807, 2.05) is 24.3 Å². The van der Waals surface area contributed by atoms with Gasteiger partial charge in [-0.25, -0.2) is 5.84 Å². The summed E-state index contributed by atoms with van der Waals surface area (Å²) >= 11 is 5.81. The number of hydrazine groups is 1. The van der Waals surface area contributed by atoms with E-state index < -0.39 is 0 Å². The third-order valence-electron chi connectivity index (χ3n) is 2.56. The van der Waals surface area contributed by atoms with E-state index in [1.165, 1.54) is 0 Å². The van der Waals surface area contributed by atoms with Crippen LogP contribution in [-0.4, -0.2) is 15.7 Å². The van der Waals surface area contributed by atoms with Gasteiger partial charge in [0.1, 0.15) is 0 Å². The van der Waals surface area contributed by atoms with E-state index in [0.29, 0.717) is 11.6 Å². The molecule has 18 heavy (non-hydrogen) atoms. The van der Waals surface area contributed by atoms with Gasteiger partial charge in [-0.3, -0.25) is 14.9 Å². The molecule has 6 heteroatoms. The summed E-state index contributed by atoms with van der Waals surface area (Å²) in [6.07, 6.45) is 3.57. The SMILES string of the molecule is NNC(=O)Cc1ccccc1Cn1cc(Cl)cn1. The van der Waals surface area contributed by atoms with Gasteiger partial charge >= 0.3 is 0 Å². The number of aromatic nitrogens is 2. The van der Waals surface area contributed by atoms with Crippen molar-refractivity contribution in [2.75, 3.05) is 0 Å². The van der Waals surface area contributed by atoms with Gasteiger partial charge in [0.2, 0.25) is 5.91 Å². The second-order valence-corrected chi connectivity index (χ2v) is 4.31. The van der Waals surface area contributed by atoms with Gasteiger partial charge in [-0.1, -0.05) is 35.9 Å². The second kappa shape index (κ2) is 5.66. The molecule has 3 N–H and O–H groups in total. The molecular weight excluding hydrogens is 252 g/mol. The zero-order chi connectivity index (χ0) is 13.0. The highest BCUT2D eigenvalue weighted by Gasteiger charge is 2.07. The Labute approximate surface area is 110 Å². The molecule has 1 aromatic heterocycles. The summed E-state index contributed by atoms with van der Waals surface area (Å²) in [5.41, 5.74) is 4.06. The van der Waals surface area contributed by atoms with Crippen LogP contribution in [0.1, 0.15) is 11.1 Å². The van der Waals surface area contributed by atoms with Crippen molar-refractivity contribution in [1.29, 1.82) is 0 Å². The van der Waals surface area contributed by atoms with Crippen LogP contribution < -0.4 is 11.3 Å². The highest BCUT2D eigenvalue weighted by molar-refractivity contribution is 6.30. The number of nitrogens with two attached hydrogens (primary N) is 1. The topological polar surface area (TPSA) is 72.9 Å². The first-order valence-electron chi connectivity index (χ1n) is 5.43. The molecule has 0 aliphatic carbocycles. The molecule has 5 nitrogen and oxygen atoms in total. The maximum atomic E-state index is 11.3. The summed E-state index contributed by atoms with van der Waals surface area (Å²) in [5.74, 6) is 4.87. The van der Waals surface area contributed by atoms with Crippen molar-refractivity contribution in [2.24, 2.45) is 5.84 Å². The number of hydrogen-bond acceptors (Lipinski definition) is 3. The fraction of sp³-hybridized carbons (Fsp3) is 0.167. The molecule has 94 valence electrons. The number of nitrogens with one attached hydrogen (secondary N) is 1. The molecule has 1 heterocycles. The lowest BCUT2D eigenvalue weighted by molar-refractivity contribution is -0.120. The first-order valence-corrected chi connectivity index (χ1v) is 5.81. The van der Waals surface area contributed by atoms with E-state index in [2.05, 4.69) is 10.5 Å². The monoisotopic (exact) mass is 264 g/mol. The summed E-state index contributed by atoms with van der Waals surface area (Å²) in [6, 6.07) is 7.66. The first-order chi connectivity index (χ1) is 8.69. The number of halogens is 1. The summed E-state index contributed by atoms with van der Waals surface area (Å²) in [7, 11) is 0. The molecular formula is C12H13ClN4O. The summed E-state index contributed by atoms with van der Waals surface area (Å²) < 4.78 is 1.72. The second-order valence-electron chi connectivity index (χ2n) is 3.87. The van der Waals surface area contributed by atoms with Crippen LogP contribution in [0.15, 0.2) is 36.7 Å². The largest absolute Gasteiger partial charge is 0.294 e. The molecule has 0 bridgehead atoms. The Balaban J connectivity index is 2.19. The van der Waals surface area contributed by atoms with E-state index in [0.717, 1.165) is 11.1 Å². The van der Waals surface area contributed by atoms with Crippen molar-refractivity contribution < 1.29 is 4.79 Å². The number of rotatable bonds is 4. The predicted octanol–water partition coefficient (Wildman–Crippen LogP) is 1.12. The molecule has 0 aliphatic heterocycles. The lowest BCUT2D eigenvalue weighted by atomic mass is 10.0. The minimum Gasteiger partial charge on any atom is -0.294 e. The van der Waals surface area contributed by atoms with Crippen LogP contribution in [0.5, 0.6) is 0 Å². The minimum absolute atomic E-state index is 0.221. The van der Waals surface area contributed by atoms with Crippen LogP contribution >= 0.6 is 11.6 Å².